The molecule has 1 N–H and O–H groups in total. The summed E-state index contributed by atoms with van der Waals surface area (Å²) >= 11 is 5.23. The van der Waals surface area contributed by atoms with Crippen molar-refractivity contribution in [2.45, 2.75) is 13.0 Å². The number of halogens is 1. The van der Waals surface area contributed by atoms with E-state index in [1.165, 1.54) is 8.66 Å². The van der Waals surface area contributed by atoms with E-state index >= 15 is 0 Å². The highest BCUT2D eigenvalue weighted by Crippen LogP contribution is 2.22. The summed E-state index contributed by atoms with van der Waals surface area (Å²) in [5, 5.41) is 12.3. The second-order valence-electron chi connectivity index (χ2n) is 4.09. The Balaban J connectivity index is 1.77. The third-order valence-corrected chi connectivity index (χ3v) is 4.37. The first kappa shape index (κ1) is 13.3. The first-order valence-electron chi connectivity index (χ1n) is 5.69. The molecular weight excluding hydrogens is 310 g/mol. The molecule has 0 atom stereocenters. The Kier molecular flexibility index (Phi) is 4.59. The summed E-state index contributed by atoms with van der Waals surface area (Å²) in [5.74, 6) is 0. The van der Waals surface area contributed by atoms with E-state index in [-0.39, 0.29) is 0 Å². The van der Waals surface area contributed by atoms with Gasteiger partial charge in [0.25, 0.3) is 0 Å². The lowest BCUT2D eigenvalue weighted by atomic mass is 10.3. The van der Waals surface area contributed by atoms with Crippen LogP contribution in [0.1, 0.15) is 16.1 Å². The molecule has 2 rings (SSSR count). The van der Waals surface area contributed by atoms with E-state index in [0.29, 0.717) is 5.69 Å². The van der Waals surface area contributed by atoms with Crippen LogP contribution >= 0.6 is 27.3 Å². The van der Waals surface area contributed by atoms with Gasteiger partial charge in [-0.25, -0.2) is 0 Å². The van der Waals surface area contributed by atoms with Crippen LogP contribution < -0.4 is 5.32 Å². The quantitative estimate of drug-likeness (QED) is 0.859. The van der Waals surface area contributed by atoms with Gasteiger partial charge >= 0.3 is 0 Å². The smallest absolute Gasteiger partial charge is 0.120 e. The zero-order chi connectivity index (χ0) is 13.0. The molecule has 3 nitrogen and oxygen atoms in total. The zero-order valence-corrected chi connectivity index (χ0v) is 12.5. The summed E-state index contributed by atoms with van der Waals surface area (Å²) in [4.78, 5) is 1.38. The molecule has 94 valence electrons. The van der Waals surface area contributed by atoms with Gasteiger partial charge in [-0.15, -0.1) is 11.3 Å². The molecule has 0 saturated heterocycles. The van der Waals surface area contributed by atoms with Crippen molar-refractivity contribution in [2.24, 2.45) is 7.05 Å². The van der Waals surface area contributed by atoms with Crippen LogP contribution in [0.5, 0.6) is 0 Å². The summed E-state index contributed by atoms with van der Waals surface area (Å²) in [5.41, 5.74) is 1.86. The van der Waals surface area contributed by atoms with Crippen molar-refractivity contribution in [3.8, 4) is 6.07 Å². The molecule has 0 aliphatic heterocycles. The number of hydrogen-bond acceptors (Lipinski definition) is 3. The summed E-state index contributed by atoms with van der Waals surface area (Å²) in [6.45, 7) is 1.76. The third-order valence-electron chi connectivity index (χ3n) is 2.68. The van der Waals surface area contributed by atoms with E-state index in [2.05, 4.69) is 39.4 Å². The maximum Gasteiger partial charge on any atom is 0.120 e. The normalized spacial score (nSPS) is 10.5. The average Bonchev–Trinajstić information content (AvgIpc) is 2.91. The Morgan fingerprint density at radius 2 is 2.33 bits per heavy atom. The summed E-state index contributed by atoms with van der Waals surface area (Å²) in [6, 6.07) is 8.32. The number of aryl methyl sites for hydroxylation is 1. The maximum atomic E-state index is 8.86. The highest BCUT2D eigenvalue weighted by Gasteiger charge is 2.02. The number of nitrogens with one attached hydrogen (secondary N) is 1. The molecule has 0 bridgehead atoms. The Morgan fingerprint density at radius 3 is 2.94 bits per heavy atom. The highest BCUT2D eigenvalue weighted by atomic mass is 79.9. The van der Waals surface area contributed by atoms with E-state index < -0.39 is 0 Å². The molecule has 0 radical (unpaired) electrons. The Hall–Kier alpha value is -1.09. The van der Waals surface area contributed by atoms with E-state index in [4.69, 9.17) is 5.26 Å². The lowest BCUT2D eigenvalue weighted by Gasteiger charge is -2.01. The minimum atomic E-state index is 0.703. The molecular formula is C13H14BrN3S. The summed E-state index contributed by atoms with van der Waals surface area (Å²) in [7, 11) is 1.89. The van der Waals surface area contributed by atoms with Gasteiger partial charge in [-0.3, -0.25) is 0 Å². The van der Waals surface area contributed by atoms with E-state index in [0.717, 1.165) is 25.1 Å². The first-order valence-corrected chi connectivity index (χ1v) is 7.30. The molecule has 0 aliphatic carbocycles. The molecule has 0 saturated carbocycles. The van der Waals surface area contributed by atoms with Crippen molar-refractivity contribution < 1.29 is 0 Å². The first-order chi connectivity index (χ1) is 8.69. The number of thiophene rings is 1. The minimum Gasteiger partial charge on any atom is -0.342 e. The second kappa shape index (κ2) is 6.19. The van der Waals surface area contributed by atoms with Crippen LogP contribution in [0.4, 0.5) is 0 Å². The van der Waals surface area contributed by atoms with Crippen LogP contribution in [0.2, 0.25) is 0 Å². The van der Waals surface area contributed by atoms with Gasteiger partial charge in [-0.05, 0) is 46.1 Å². The van der Waals surface area contributed by atoms with Gasteiger partial charge < -0.3 is 9.88 Å². The number of aromatic nitrogens is 1. The van der Waals surface area contributed by atoms with Gasteiger partial charge in [-0.2, -0.15) is 5.26 Å². The molecule has 0 fully saturated rings. The summed E-state index contributed by atoms with van der Waals surface area (Å²) in [6.07, 6.45) is 3.03. The van der Waals surface area contributed by atoms with Crippen molar-refractivity contribution in [2.75, 3.05) is 6.54 Å². The second-order valence-corrected chi connectivity index (χ2v) is 6.64. The molecule has 2 heterocycles. The van der Waals surface area contributed by atoms with Crippen LogP contribution in [0.3, 0.4) is 0 Å². The van der Waals surface area contributed by atoms with Crippen LogP contribution in [0.25, 0.3) is 0 Å². The van der Waals surface area contributed by atoms with Gasteiger partial charge in [0.2, 0.25) is 0 Å². The molecule has 0 aromatic carbocycles. The van der Waals surface area contributed by atoms with Crippen LogP contribution in [0, 0.1) is 11.3 Å². The molecule has 2 aromatic heterocycles. The largest absolute Gasteiger partial charge is 0.342 e. The average molecular weight is 324 g/mol. The highest BCUT2D eigenvalue weighted by molar-refractivity contribution is 9.11. The van der Waals surface area contributed by atoms with Crippen LogP contribution in [-0.2, 0) is 20.0 Å². The van der Waals surface area contributed by atoms with Gasteiger partial charge in [0.1, 0.15) is 11.8 Å². The monoisotopic (exact) mass is 323 g/mol. The van der Waals surface area contributed by atoms with Crippen molar-refractivity contribution >= 4 is 27.3 Å². The molecule has 0 spiro atoms. The standard InChI is InChI=1S/C13H14BrN3S/c1-17-9-10(6-11(17)7-15)8-16-5-4-12-2-3-13(14)18-12/h2-3,6,9,16H,4-5,8H2,1H3. The van der Waals surface area contributed by atoms with Gasteiger partial charge in [0, 0.05) is 31.2 Å². The number of rotatable bonds is 5. The molecule has 18 heavy (non-hydrogen) atoms. The fraction of sp³-hybridized carbons (Fsp3) is 0.308. The van der Waals surface area contributed by atoms with Crippen LogP contribution in [-0.4, -0.2) is 11.1 Å². The predicted molar refractivity (Wildman–Crippen MR) is 77.6 cm³/mol. The van der Waals surface area contributed by atoms with Gasteiger partial charge in [0.15, 0.2) is 0 Å². The zero-order valence-electron chi connectivity index (χ0n) is 10.1. The van der Waals surface area contributed by atoms with Gasteiger partial charge in [-0.1, -0.05) is 0 Å². The van der Waals surface area contributed by atoms with E-state index in [1.807, 2.05) is 23.9 Å². The summed E-state index contributed by atoms with van der Waals surface area (Å²) < 4.78 is 3.03. The van der Waals surface area contributed by atoms with Crippen LogP contribution in [0.15, 0.2) is 28.2 Å². The molecule has 0 unspecified atom stereocenters. The lowest BCUT2D eigenvalue weighted by molar-refractivity contribution is 0.689. The molecule has 0 aliphatic rings. The topological polar surface area (TPSA) is 40.8 Å². The Labute approximate surface area is 119 Å². The minimum absolute atomic E-state index is 0.703. The van der Waals surface area contributed by atoms with Crippen molar-refractivity contribution in [1.29, 1.82) is 5.26 Å². The number of hydrogen-bond donors (Lipinski definition) is 1. The number of nitriles is 1. The fourth-order valence-corrected chi connectivity index (χ4v) is 3.25. The fourth-order valence-electron chi connectivity index (χ4n) is 1.77. The van der Waals surface area contributed by atoms with E-state index in [1.54, 1.807) is 11.3 Å². The van der Waals surface area contributed by atoms with E-state index in [9.17, 15) is 0 Å². The lowest BCUT2D eigenvalue weighted by Crippen LogP contribution is -2.15. The van der Waals surface area contributed by atoms with Crippen molar-refractivity contribution in [3.63, 3.8) is 0 Å². The maximum absolute atomic E-state index is 8.86. The van der Waals surface area contributed by atoms with Gasteiger partial charge in [0.05, 0.1) is 3.79 Å². The Bertz CT molecular complexity index is 565. The molecule has 5 heteroatoms. The number of nitrogens with zero attached hydrogens (tertiary/aromatic N) is 2. The Morgan fingerprint density at radius 1 is 1.50 bits per heavy atom. The predicted octanol–water partition coefficient (Wildman–Crippen LogP) is 3.05. The SMILES string of the molecule is Cn1cc(CNCCc2ccc(Br)s2)cc1C#N. The molecule has 2 aromatic rings. The third kappa shape index (κ3) is 3.45. The molecule has 0 amide bonds. The van der Waals surface area contributed by atoms with Crippen molar-refractivity contribution in [3.05, 3.63) is 44.3 Å². The van der Waals surface area contributed by atoms with Crippen molar-refractivity contribution in [1.82, 2.24) is 9.88 Å².